The van der Waals surface area contributed by atoms with Crippen molar-refractivity contribution in [2.75, 3.05) is 60.2 Å². The van der Waals surface area contributed by atoms with Gasteiger partial charge in [0.2, 0.25) is 0 Å². The summed E-state index contributed by atoms with van der Waals surface area (Å²) in [6.07, 6.45) is -16.2. The maximum absolute atomic E-state index is 13.0. The van der Waals surface area contributed by atoms with Crippen molar-refractivity contribution in [1.29, 1.82) is 0 Å². The standard InChI is InChI=1S/C23H41N3O13S/c1-26(2,8-5-11(27)28)9-6-24-20(33)18-16(35-3)12(29)15(32)23(39-18)37-17-13(30)14(31)22(36-4)38-19(17)21(34)25-7-10-40/h12-19,22-23,29-32H,5-10H2,1-4H3,(H3-,24,25,27,28,33,34,40)/t12-,13-,14-,15-,16+,17+,18?,19?,22?,23?/m1/s1. The summed E-state index contributed by atoms with van der Waals surface area (Å²) in [5.74, 6) is -2.36. The highest BCUT2D eigenvalue weighted by Crippen LogP contribution is 2.30. The van der Waals surface area contributed by atoms with Crippen LogP contribution >= 0.6 is 12.6 Å². The molecule has 0 bridgehead atoms. The van der Waals surface area contributed by atoms with E-state index in [4.69, 9.17) is 23.7 Å². The average Bonchev–Trinajstić information content (AvgIpc) is 2.91. The van der Waals surface area contributed by atoms with Crippen LogP contribution < -0.4 is 15.7 Å². The van der Waals surface area contributed by atoms with E-state index in [0.29, 0.717) is 12.3 Å². The highest BCUT2D eigenvalue weighted by Gasteiger charge is 2.54. The molecule has 2 saturated heterocycles. The number of carboxylic acids is 1. The van der Waals surface area contributed by atoms with Gasteiger partial charge >= 0.3 is 0 Å². The lowest BCUT2D eigenvalue weighted by atomic mass is 9.96. The summed E-state index contributed by atoms with van der Waals surface area (Å²) in [4.78, 5) is 36.5. The Morgan fingerprint density at radius 2 is 1.35 bits per heavy atom. The number of aliphatic carboxylic acids is 1. The van der Waals surface area contributed by atoms with Gasteiger partial charge in [0.25, 0.3) is 11.8 Å². The van der Waals surface area contributed by atoms with Crippen molar-refractivity contribution >= 4 is 30.4 Å². The number of quaternary nitrogens is 1. The van der Waals surface area contributed by atoms with Crippen molar-refractivity contribution in [3.8, 4) is 0 Å². The molecule has 40 heavy (non-hydrogen) atoms. The number of aliphatic hydroxyl groups excluding tert-OH is 4. The van der Waals surface area contributed by atoms with E-state index >= 15 is 0 Å². The topological polar surface area (TPSA) is 225 Å². The van der Waals surface area contributed by atoms with Gasteiger partial charge in [-0.25, -0.2) is 0 Å². The predicted molar refractivity (Wildman–Crippen MR) is 135 cm³/mol. The van der Waals surface area contributed by atoms with Crippen molar-refractivity contribution < 1.29 is 68.1 Å². The van der Waals surface area contributed by atoms with Gasteiger partial charge < -0.3 is 69.1 Å². The molecule has 17 heteroatoms. The van der Waals surface area contributed by atoms with Crippen molar-refractivity contribution in [2.24, 2.45) is 0 Å². The van der Waals surface area contributed by atoms with E-state index < -0.39 is 79.2 Å². The van der Waals surface area contributed by atoms with E-state index in [1.54, 1.807) is 14.1 Å². The minimum absolute atomic E-state index is 0.104. The summed E-state index contributed by atoms with van der Waals surface area (Å²) in [6.45, 7) is 0.866. The van der Waals surface area contributed by atoms with Crippen molar-refractivity contribution in [1.82, 2.24) is 10.6 Å². The molecule has 232 valence electrons. The molecule has 0 spiro atoms. The number of methoxy groups -OCH3 is 2. The molecule has 16 nitrogen and oxygen atoms in total. The maximum Gasteiger partial charge on any atom is 0.252 e. The SMILES string of the molecule is COC1OC(C(=O)NCCS)[C@@H](OC2OC(C(=O)NCC[N+](C)(C)CCC(=O)[O-])[C@@H](OC)[C@H](O)[C@H]2O)[C@H](O)[C@H]1O. The number of rotatable bonds is 14. The molecule has 6 N–H and O–H groups in total. The molecule has 0 aromatic rings. The molecular formula is C23H41N3O13S. The van der Waals surface area contributed by atoms with E-state index in [1.165, 1.54) is 14.2 Å². The molecule has 0 aromatic carbocycles. The Labute approximate surface area is 237 Å². The number of aliphatic hydroxyl groups is 4. The molecule has 0 aliphatic carbocycles. The van der Waals surface area contributed by atoms with Crippen molar-refractivity contribution in [2.45, 2.75) is 67.8 Å². The summed E-state index contributed by atoms with van der Waals surface area (Å²) in [7, 11) is 5.95. The zero-order valence-electron chi connectivity index (χ0n) is 22.9. The number of hydrogen-bond donors (Lipinski definition) is 7. The number of nitrogens with one attached hydrogen (secondary N) is 2. The number of thiol groups is 1. The van der Waals surface area contributed by atoms with Crippen molar-refractivity contribution in [3.63, 3.8) is 0 Å². The van der Waals surface area contributed by atoms with Gasteiger partial charge in [-0.2, -0.15) is 12.6 Å². The summed E-state index contributed by atoms with van der Waals surface area (Å²) >= 11 is 4.02. The smallest absolute Gasteiger partial charge is 0.252 e. The molecule has 2 rings (SSSR count). The molecule has 2 heterocycles. The van der Waals surface area contributed by atoms with E-state index in [1.807, 2.05) is 0 Å². The van der Waals surface area contributed by atoms with Crippen LogP contribution in [-0.4, -0.2) is 164 Å². The van der Waals surface area contributed by atoms with Crippen LogP contribution in [0.3, 0.4) is 0 Å². The second-order valence-corrected chi connectivity index (χ2v) is 10.6. The van der Waals surface area contributed by atoms with Crippen LogP contribution in [0.15, 0.2) is 0 Å². The average molecular weight is 600 g/mol. The number of carbonyl (C=O) groups excluding carboxylic acids is 3. The lowest BCUT2D eigenvalue weighted by Crippen LogP contribution is -2.67. The normalized spacial score (nSPS) is 34.7. The third-order valence-corrected chi connectivity index (χ3v) is 6.97. The largest absolute Gasteiger partial charge is 0.550 e. The number of likely N-dealkylation sites (N-methyl/N-ethyl adjacent to an activating group) is 1. The lowest BCUT2D eigenvalue weighted by Gasteiger charge is -2.46. The Hall–Kier alpha value is -1.64. The first kappa shape index (κ1) is 34.6. The van der Waals surface area contributed by atoms with Crippen molar-refractivity contribution in [3.05, 3.63) is 0 Å². The van der Waals surface area contributed by atoms with Gasteiger partial charge in [0.05, 0.1) is 33.7 Å². The second-order valence-electron chi connectivity index (χ2n) is 10.2. The molecule has 0 saturated carbocycles. The van der Waals surface area contributed by atoms with Gasteiger partial charge in [-0.05, 0) is 0 Å². The summed E-state index contributed by atoms with van der Waals surface area (Å²) in [5, 5.41) is 58.4. The van der Waals surface area contributed by atoms with Gasteiger partial charge in [0.1, 0.15) is 36.6 Å². The number of hydrogen-bond acceptors (Lipinski definition) is 14. The fraction of sp³-hybridized carbons (Fsp3) is 0.870. The van der Waals surface area contributed by atoms with E-state index in [-0.39, 0.29) is 30.5 Å². The monoisotopic (exact) mass is 599 g/mol. The maximum atomic E-state index is 13.0. The van der Waals surface area contributed by atoms with Crippen LogP contribution in [0.5, 0.6) is 0 Å². The zero-order chi connectivity index (χ0) is 30.2. The van der Waals surface area contributed by atoms with E-state index in [9.17, 15) is 39.9 Å². The second kappa shape index (κ2) is 15.5. The summed E-state index contributed by atoms with van der Waals surface area (Å²) in [5.41, 5.74) is 0. The quantitative estimate of drug-likeness (QED) is 0.0731. The fourth-order valence-electron chi connectivity index (χ4n) is 4.34. The molecular weight excluding hydrogens is 558 g/mol. The van der Waals surface area contributed by atoms with E-state index in [0.717, 1.165) is 0 Å². The van der Waals surface area contributed by atoms with Crippen LogP contribution in [0.1, 0.15) is 6.42 Å². The third kappa shape index (κ3) is 8.93. The molecule has 2 aliphatic heterocycles. The molecule has 2 amide bonds. The molecule has 10 atom stereocenters. The Morgan fingerprint density at radius 3 is 1.90 bits per heavy atom. The number of nitrogens with zero attached hydrogens (tertiary/aromatic N) is 1. The third-order valence-electron chi connectivity index (χ3n) is 6.75. The fourth-order valence-corrected chi connectivity index (χ4v) is 4.45. The first-order valence-corrected chi connectivity index (χ1v) is 13.3. The van der Waals surface area contributed by atoms with Crippen LogP contribution in [0, 0.1) is 0 Å². The minimum Gasteiger partial charge on any atom is -0.550 e. The Balaban J connectivity index is 2.17. The number of carboxylic acid groups (broad SMARTS) is 1. The van der Waals surface area contributed by atoms with Crippen LogP contribution in [0.2, 0.25) is 0 Å². The number of carbonyl (C=O) groups is 3. The van der Waals surface area contributed by atoms with Gasteiger partial charge in [0.15, 0.2) is 24.8 Å². The molecule has 2 fully saturated rings. The summed E-state index contributed by atoms with van der Waals surface area (Å²) in [6, 6.07) is 0. The summed E-state index contributed by atoms with van der Waals surface area (Å²) < 4.78 is 27.3. The van der Waals surface area contributed by atoms with Crippen LogP contribution in [0.25, 0.3) is 0 Å². The lowest BCUT2D eigenvalue weighted by molar-refractivity contribution is -0.888. The Bertz CT molecular complexity index is 853. The highest BCUT2D eigenvalue weighted by molar-refractivity contribution is 7.80. The number of amides is 2. The van der Waals surface area contributed by atoms with Crippen LogP contribution in [-0.2, 0) is 38.1 Å². The highest BCUT2D eigenvalue weighted by atomic mass is 32.1. The zero-order valence-corrected chi connectivity index (χ0v) is 23.8. The van der Waals surface area contributed by atoms with E-state index in [2.05, 4.69) is 23.3 Å². The molecule has 0 radical (unpaired) electrons. The van der Waals surface area contributed by atoms with Gasteiger partial charge in [-0.3, -0.25) is 9.59 Å². The molecule has 4 unspecified atom stereocenters. The van der Waals surface area contributed by atoms with Gasteiger partial charge in [-0.15, -0.1) is 0 Å². The molecule has 2 aliphatic rings. The Morgan fingerprint density at radius 1 is 0.825 bits per heavy atom. The number of ether oxygens (including phenoxy) is 5. The van der Waals surface area contributed by atoms with Crippen LogP contribution in [0.4, 0.5) is 0 Å². The predicted octanol–water partition coefficient (Wildman–Crippen LogP) is -5.69. The molecule has 0 aromatic heterocycles. The first-order chi connectivity index (χ1) is 18.8. The van der Waals surface area contributed by atoms with Gasteiger partial charge in [0, 0.05) is 38.9 Å². The first-order valence-electron chi connectivity index (χ1n) is 12.7. The minimum atomic E-state index is -1.79. The van der Waals surface area contributed by atoms with Gasteiger partial charge in [-0.1, -0.05) is 0 Å². The Kier molecular flexibility index (Phi) is 13.4.